The number of aliphatic hydroxyl groups is 1. The molecule has 0 aliphatic carbocycles. The molecule has 0 saturated heterocycles. The van der Waals surface area contributed by atoms with Crippen LogP contribution in [0.5, 0.6) is 5.88 Å². The van der Waals surface area contributed by atoms with Crippen LogP contribution >= 0.6 is 23.2 Å². The molecular formula is C32H25Cl2F2N5O4. The van der Waals surface area contributed by atoms with E-state index in [1.807, 2.05) is 0 Å². The quantitative estimate of drug-likeness (QED) is 0.236. The summed E-state index contributed by atoms with van der Waals surface area (Å²) in [6, 6.07) is 11.6. The van der Waals surface area contributed by atoms with E-state index in [0.717, 1.165) is 10.6 Å². The Morgan fingerprint density at radius 3 is 2.47 bits per heavy atom. The molecule has 0 amide bonds. The van der Waals surface area contributed by atoms with Crippen molar-refractivity contribution >= 4 is 39.9 Å². The van der Waals surface area contributed by atoms with E-state index in [1.54, 1.807) is 45.0 Å². The molecule has 0 fully saturated rings. The summed E-state index contributed by atoms with van der Waals surface area (Å²) in [5.41, 5.74) is -0.222. The third-order valence-corrected chi connectivity index (χ3v) is 8.25. The molecule has 13 heteroatoms. The minimum absolute atomic E-state index is 0.0346. The molecule has 0 atom stereocenters. The molecule has 0 unspecified atom stereocenters. The lowest BCUT2D eigenvalue weighted by Gasteiger charge is -2.20. The van der Waals surface area contributed by atoms with Crippen LogP contribution in [0, 0.1) is 18.6 Å². The van der Waals surface area contributed by atoms with Gasteiger partial charge in [0.25, 0.3) is 5.56 Å². The van der Waals surface area contributed by atoms with Crippen LogP contribution < -0.4 is 16.0 Å². The van der Waals surface area contributed by atoms with E-state index in [1.165, 1.54) is 46.7 Å². The number of hydrogen-bond donors (Lipinski definition) is 1. The molecule has 4 heterocycles. The molecule has 0 spiro atoms. The van der Waals surface area contributed by atoms with Gasteiger partial charge in [-0.2, -0.15) is 0 Å². The zero-order valence-electron chi connectivity index (χ0n) is 24.4. The number of hydrogen-bond acceptors (Lipinski definition) is 6. The molecule has 4 aromatic heterocycles. The second-order valence-electron chi connectivity index (χ2n) is 11.1. The normalized spacial score (nSPS) is 11.9. The van der Waals surface area contributed by atoms with E-state index in [2.05, 4.69) is 9.97 Å². The van der Waals surface area contributed by atoms with E-state index >= 15 is 0 Å². The van der Waals surface area contributed by atoms with Gasteiger partial charge in [-0.15, -0.1) is 0 Å². The van der Waals surface area contributed by atoms with Gasteiger partial charge in [-0.3, -0.25) is 13.8 Å². The van der Waals surface area contributed by atoms with Gasteiger partial charge >= 0.3 is 5.69 Å². The summed E-state index contributed by atoms with van der Waals surface area (Å²) >= 11 is 12.7. The van der Waals surface area contributed by atoms with Gasteiger partial charge in [0.2, 0.25) is 5.88 Å². The Morgan fingerprint density at radius 1 is 1.00 bits per heavy atom. The Kier molecular flexibility index (Phi) is 7.51. The topological polar surface area (TPSA) is 104 Å². The summed E-state index contributed by atoms with van der Waals surface area (Å²) in [5, 5.41) is 10.8. The SMILES string of the molecule is COc1nc2c(=O)n(-c3cnc4cc(F)ccn34)c(=O)n(Cc3cc(Cl)c(F)cc3C)c2cc1-c1cc(C(C)(C)O)ccc1Cl. The molecule has 6 aromatic rings. The number of aryl methyl sites for hydroxylation is 1. The first-order valence-corrected chi connectivity index (χ1v) is 14.4. The number of nitrogens with zero attached hydrogens (tertiary/aromatic N) is 5. The maximum atomic E-state index is 14.3. The maximum absolute atomic E-state index is 14.3. The Hall–Kier alpha value is -4.58. The van der Waals surface area contributed by atoms with Crippen molar-refractivity contribution in [1.29, 1.82) is 0 Å². The number of fused-ring (bicyclic) bond motifs is 2. The average Bonchev–Trinajstić information content (AvgIpc) is 3.39. The van der Waals surface area contributed by atoms with Crippen molar-refractivity contribution in [3.8, 4) is 22.8 Å². The lowest BCUT2D eigenvalue weighted by molar-refractivity contribution is 0.0786. The standard InChI is InChI=1S/C32H25Cl2F2N5O4/c1-16-9-24(36)23(34)10-17(16)15-40-25-13-21(20-11-18(32(2,3)44)5-6-22(20)33)29(45-4)38-28(25)30(42)41(31(40)43)27-14-37-26-12-19(35)7-8-39(26)27/h5-14,44H,15H2,1-4H3. The first-order chi connectivity index (χ1) is 21.3. The van der Waals surface area contributed by atoms with Crippen molar-refractivity contribution in [2.75, 3.05) is 7.11 Å². The highest BCUT2D eigenvalue weighted by Gasteiger charge is 2.24. The van der Waals surface area contributed by atoms with Crippen molar-refractivity contribution in [2.45, 2.75) is 32.9 Å². The van der Waals surface area contributed by atoms with Gasteiger partial charge in [0, 0.05) is 28.4 Å². The Labute approximate surface area is 264 Å². The van der Waals surface area contributed by atoms with Crippen molar-refractivity contribution in [3.63, 3.8) is 0 Å². The van der Waals surface area contributed by atoms with E-state index in [-0.39, 0.29) is 39.9 Å². The van der Waals surface area contributed by atoms with Crippen molar-refractivity contribution in [1.82, 2.24) is 23.5 Å². The van der Waals surface area contributed by atoms with Crippen molar-refractivity contribution < 1.29 is 18.6 Å². The van der Waals surface area contributed by atoms with E-state index in [9.17, 15) is 23.5 Å². The average molecular weight is 652 g/mol. The second kappa shape index (κ2) is 11.1. The molecule has 9 nitrogen and oxygen atoms in total. The molecule has 45 heavy (non-hydrogen) atoms. The fourth-order valence-electron chi connectivity index (χ4n) is 5.22. The largest absolute Gasteiger partial charge is 0.481 e. The van der Waals surface area contributed by atoms with Crippen LogP contribution in [-0.2, 0) is 12.1 Å². The van der Waals surface area contributed by atoms with Crippen LogP contribution in [0.3, 0.4) is 0 Å². The third-order valence-electron chi connectivity index (χ3n) is 7.63. The summed E-state index contributed by atoms with van der Waals surface area (Å²) in [5.74, 6) is -1.08. The summed E-state index contributed by atoms with van der Waals surface area (Å²) in [7, 11) is 1.38. The van der Waals surface area contributed by atoms with Crippen molar-refractivity contribution in [3.05, 3.63) is 120 Å². The highest BCUT2D eigenvalue weighted by Crippen LogP contribution is 2.38. The molecule has 0 aliphatic rings. The van der Waals surface area contributed by atoms with Crippen LogP contribution in [-0.4, -0.2) is 35.7 Å². The number of aromatic nitrogens is 5. The van der Waals surface area contributed by atoms with Crippen LogP contribution in [0.25, 0.3) is 33.6 Å². The Bertz CT molecular complexity index is 2290. The smallest absolute Gasteiger partial charge is 0.337 e. The molecule has 0 aliphatic heterocycles. The monoisotopic (exact) mass is 651 g/mol. The number of ether oxygens (including phenoxy) is 1. The molecule has 1 N–H and O–H groups in total. The predicted molar refractivity (Wildman–Crippen MR) is 168 cm³/mol. The molecule has 0 radical (unpaired) electrons. The summed E-state index contributed by atoms with van der Waals surface area (Å²) in [6.07, 6.45) is 2.63. The Morgan fingerprint density at radius 2 is 1.76 bits per heavy atom. The lowest BCUT2D eigenvalue weighted by Crippen LogP contribution is -2.40. The Balaban J connectivity index is 1.71. The number of halogens is 4. The predicted octanol–water partition coefficient (Wildman–Crippen LogP) is 6.04. The van der Waals surface area contributed by atoms with Gasteiger partial charge in [0.1, 0.15) is 23.1 Å². The van der Waals surface area contributed by atoms with Crippen LogP contribution in [0.4, 0.5) is 8.78 Å². The fourth-order valence-corrected chi connectivity index (χ4v) is 5.62. The molecule has 230 valence electrons. The van der Waals surface area contributed by atoms with E-state index in [4.69, 9.17) is 27.9 Å². The highest BCUT2D eigenvalue weighted by molar-refractivity contribution is 6.33. The molecular weight excluding hydrogens is 627 g/mol. The number of imidazole rings is 1. The molecule has 2 aromatic carbocycles. The number of benzene rings is 2. The van der Waals surface area contributed by atoms with E-state index < -0.39 is 28.5 Å². The number of pyridine rings is 2. The molecule has 0 bridgehead atoms. The van der Waals surface area contributed by atoms with Gasteiger partial charge in [-0.1, -0.05) is 29.3 Å². The highest BCUT2D eigenvalue weighted by atomic mass is 35.5. The lowest BCUT2D eigenvalue weighted by atomic mass is 9.94. The number of methoxy groups -OCH3 is 1. The molecule has 6 rings (SSSR count). The van der Waals surface area contributed by atoms with Crippen LogP contribution in [0.1, 0.15) is 30.5 Å². The zero-order chi connectivity index (χ0) is 32.4. The fraction of sp³-hybridized carbons (Fsp3) is 0.188. The summed E-state index contributed by atoms with van der Waals surface area (Å²) < 4.78 is 37.4. The van der Waals surface area contributed by atoms with Gasteiger partial charge in [0.05, 0.1) is 36.0 Å². The minimum atomic E-state index is -1.21. The van der Waals surface area contributed by atoms with Gasteiger partial charge in [0.15, 0.2) is 5.52 Å². The second-order valence-corrected chi connectivity index (χ2v) is 11.9. The van der Waals surface area contributed by atoms with E-state index in [0.29, 0.717) is 32.8 Å². The first-order valence-electron chi connectivity index (χ1n) is 13.6. The zero-order valence-corrected chi connectivity index (χ0v) is 25.9. The first kappa shape index (κ1) is 30.4. The van der Waals surface area contributed by atoms with Crippen LogP contribution in [0.15, 0.2) is 70.5 Å². The van der Waals surface area contributed by atoms with Gasteiger partial charge < -0.3 is 9.84 Å². The maximum Gasteiger partial charge on any atom is 0.337 e. The number of rotatable bonds is 6. The van der Waals surface area contributed by atoms with Gasteiger partial charge in [-0.05, 0) is 73.9 Å². The van der Waals surface area contributed by atoms with Gasteiger partial charge in [-0.25, -0.2) is 28.1 Å². The summed E-state index contributed by atoms with van der Waals surface area (Å²) in [4.78, 5) is 37.1. The third kappa shape index (κ3) is 5.26. The van der Waals surface area contributed by atoms with Crippen molar-refractivity contribution in [2.24, 2.45) is 0 Å². The molecule has 0 saturated carbocycles. The minimum Gasteiger partial charge on any atom is -0.481 e. The van der Waals surface area contributed by atoms with Crippen LogP contribution in [0.2, 0.25) is 10.0 Å². The summed E-state index contributed by atoms with van der Waals surface area (Å²) in [6.45, 7) is 4.80.